The van der Waals surface area contributed by atoms with E-state index in [1.807, 2.05) is 6.92 Å². The van der Waals surface area contributed by atoms with Crippen LogP contribution >= 0.6 is 0 Å². The van der Waals surface area contributed by atoms with E-state index in [0.717, 1.165) is 36.6 Å². The molecule has 1 aromatic rings. The minimum absolute atomic E-state index is 0.152. The molecule has 0 radical (unpaired) electrons. The number of hydrogen-bond donors (Lipinski definition) is 2. The van der Waals surface area contributed by atoms with E-state index in [2.05, 4.69) is 31.3 Å². The number of hydrogen-bond acceptors (Lipinski definition) is 4. The van der Waals surface area contributed by atoms with Crippen LogP contribution in [-0.4, -0.2) is 38.6 Å². The Hall–Kier alpha value is -1.10. The van der Waals surface area contributed by atoms with Crippen LogP contribution in [0.5, 0.6) is 5.75 Å². The third-order valence-electron chi connectivity index (χ3n) is 3.16. The fourth-order valence-electron chi connectivity index (χ4n) is 2.05. The number of aliphatic hydroxyl groups excluding tert-OH is 1. The topological polar surface area (TPSA) is 50.7 Å². The summed E-state index contributed by atoms with van der Waals surface area (Å²) in [5.41, 5.74) is 3.52. The molecule has 4 heteroatoms. The van der Waals surface area contributed by atoms with E-state index in [1.54, 1.807) is 7.11 Å². The Morgan fingerprint density at radius 3 is 2.45 bits per heavy atom. The zero-order chi connectivity index (χ0) is 15.0. The number of aryl methyl sites for hydroxylation is 2. The Labute approximate surface area is 122 Å². The molecule has 0 aliphatic carbocycles. The second kappa shape index (κ2) is 8.95. The summed E-state index contributed by atoms with van der Waals surface area (Å²) in [6, 6.07) is 4.29. The van der Waals surface area contributed by atoms with E-state index in [9.17, 15) is 0 Å². The third kappa shape index (κ3) is 5.49. The van der Waals surface area contributed by atoms with Gasteiger partial charge in [0.05, 0.1) is 13.2 Å². The van der Waals surface area contributed by atoms with Crippen LogP contribution in [0, 0.1) is 19.8 Å². The van der Waals surface area contributed by atoms with Crippen molar-refractivity contribution in [1.82, 2.24) is 5.32 Å². The molecule has 1 rings (SSSR count). The van der Waals surface area contributed by atoms with Crippen LogP contribution in [-0.2, 0) is 11.3 Å². The number of ether oxygens (including phenoxy) is 2. The standard InChI is InChI=1S/C16H27NO3/c1-12(10-18)11-20-16-13(2)7-15(8-14(16)3)9-17-5-6-19-4/h7-8,12,17-18H,5-6,9-11H2,1-4H3. The molecule has 1 unspecified atom stereocenters. The molecule has 0 fully saturated rings. The van der Waals surface area contributed by atoms with Crippen molar-refractivity contribution in [2.24, 2.45) is 5.92 Å². The largest absolute Gasteiger partial charge is 0.493 e. The zero-order valence-electron chi connectivity index (χ0n) is 13.0. The first-order chi connectivity index (χ1) is 9.58. The van der Waals surface area contributed by atoms with Gasteiger partial charge in [-0.15, -0.1) is 0 Å². The van der Waals surface area contributed by atoms with E-state index in [1.165, 1.54) is 5.56 Å². The SMILES string of the molecule is COCCNCc1cc(C)c(OCC(C)CO)c(C)c1. The predicted molar refractivity (Wildman–Crippen MR) is 81.2 cm³/mol. The number of methoxy groups -OCH3 is 1. The van der Waals surface area contributed by atoms with E-state index in [-0.39, 0.29) is 12.5 Å². The van der Waals surface area contributed by atoms with Crippen LogP contribution in [0.2, 0.25) is 0 Å². The highest BCUT2D eigenvalue weighted by molar-refractivity contribution is 5.43. The Morgan fingerprint density at radius 2 is 1.90 bits per heavy atom. The van der Waals surface area contributed by atoms with Crippen LogP contribution in [0.25, 0.3) is 0 Å². The molecular formula is C16H27NO3. The van der Waals surface area contributed by atoms with Crippen molar-refractivity contribution in [1.29, 1.82) is 0 Å². The second-order valence-electron chi connectivity index (χ2n) is 5.33. The molecule has 0 amide bonds. The molecule has 1 atom stereocenters. The maximum absolute atomic E-state index is 9.04. The van der Waals surface area contributed by atoms with Gasteiger partial charge >= 0.3 is 0 Å². The lowest BCUT2D eigenvalue weighted by Gasteiger charge is -2.16. The normalized spacial score (nSPS) is 12.4. The summed E-state index contributed by atoms with van der Waals surface area (Å²) in [5, 5.41) is 12.4. The molecule has 2 N–H and O–H groups in total. The highest BCUT2D eigenvalue weighted by Crippen LogP contribution is 2.25. The van der Waals surface area contributed by atoms with Gasteiger partial charge in [-0.25, -0.2) is 0 Å². The molecule has 1 aromatic carbocycles. The van der Waals surface area contributed by atoms with Crippen LogP contribution in [0.15, 0.2) is 12.1 Å². The second-order valence-corrected chi connectivity index (χ2v) is 5.33. The molecule has 0 spiro atoms. The number of rotatable bonds is 9. The van der Waals surface area contributed by atoms with Crippen molar-refractivity contribution in [3.63, 3.8) is 0 Å². The van der Waals surface area contributed by atoms with Gasteiger partial charge in [0.15, 0.2) is 0 Å². The lowest BCUT2D eigenvalue weighted by Crippen LogP contribution is -2.19. The van der Waals surface area contributed by atoms with E-state index < -0.39 is 0 Å². The van der Waals surface area contributed by atoms with Crippen molar-refractivity contribution in [2.45, 2.75) is 27.3 Å². The highest BCUT2D eigenvalue weighted by Gasteiger charge is 2.08. The van der Waals surface area contributed by atoms with Crippen molar-refractivity contribution < 1.29 is 14.6 Å². The number of benzene rings is 1. The minimum Gasteiger partial charge on any atom is -0.493 e. The van der Waals surface area contributed by atoms with Gasteiger partial charge in [0.2, 0.25) is 0 Å². The fourth-order valence-corrected chi connectivity index (χ4v) is 2.05. The van der Waals surface area contributed by atoms with Crippen molar-refractivity contribution in [2.75, 3.05) is 33.5 Å². The molecule has 0 bridgehead atoms. The summed E-state index contributed by atoms with van der Waals surface area (Å²) in [6.45, 7) is 9.19. The summed E-state index contributed by atoms with van der Waals surface area (Å²) in [7, 11) is 1.70. The minimum atomic E-state index is 0.152. The van der Waals surface area contributed by atoms with Gasteiger partial charge in [-0.3, -0.25) is 0 Å². The quantitative estimate of drug-likeness (QED) is 0.680. The maximum atomic E-state index is 9.04. The van der Waals surface area contributed by atoms with Crippen molar-refractivity contribution in [3.05, 3.63) is 28.8 Å². The smallest absolute Gasteiger partial charge is 0.125 e. The Kier molecular flexibility index (Phi) is 7.59. The predicted octanol–water partition coefficient (Wildman–Crippen LogP) is 2.05. The van der Waals surface area contributed by atoms with Gasteiger partial charge in [-0.2, -0.15) is 0 Å². The molecule has 0 aliphatic rings. The highest BCUT2D eigenvalue weighted by atomic mass is 16.5. The van der Waals surface area contributed by atoms with Crippen molar-refractivity contribution >= 4 is 0 Å². The lowest BCUT2D eigenvalue weighted by atomic mass is 10.1. The molecule has 4 nitrogen and oxygen atoms in total. The van der Waals surface area contributed by atoms with Gasteiger partial charge in [-0.05, 0) is 30.5 Å². The average molecular weight is 281 g/mol. The summed E-state index contributed by atoms with van der Waals surface area (Å²) in [6.07, 6.45) is 0. The van der Waals surface area contributed by atoms with E-state index in [4.69, 9.17) is 14.6 Å². The molecule has 0 aromatic heterocycles. The first-order valence-corrected chi connectivity index (χ1v) is 7.12. The van der Waals surface area contributed by atoms with Gasteiger partial charge < -0.3 is 19.9 Å². The summed E-state index contributed by atoms with van der Waals surface area (Å²) in [4.78, 5) is 0. The van der Waals surface area contributed by atoms with Crippen molar-refractivity contribution in [3.8, 4) is 5.75 Å². The first-order valence-electron chi connectivity index (χ1n) is 7.12. The van der Waals surface area contributed by atoms with Gasteiger partial charge in [-0.1, -0.05) is 19.1 Å². The molecule has 0 saturated heterocycles. The molecule has 0 saturated carbocycles. The van der Waals surface area contributed by atoms with Crippen LogP contribution in [0.4, 0.5) is 0 Å². The Bertz CT molecular complexity index is 384. The molecule has 0 aliphatic heterocycles. The number of nitrogens with one attached hydrogen (secondary N) is 1. The van der Waals surface area contributed by atoms with E-state index in [0.29, 0.717) is 6.61 Å². The zero-order valence-corrected chi connectivity index (χ0v) is 13.0. The monoisotopic (exact) mass is 281 g/mol. The average Bonchev–Trinajstić information content (AvgIpc) is 2.42. The number of aliphatic hydroxyl groups is 1. The third-order valence-corrected chi connectivity index (χ3v) is 3.16. The lowest BCUT2D eigenvalue weighted by molar-refractivity contribution is 0.173. The van der Waals surface area contributed by atoms with Gasteiger partial charge in [0.1, 0.15) is 5.75 Å². The Balaban J connectivity index is 2.61. The van der Waals surface area contributed by atoms with Crippen LogP contribution in [0.3, 0.4) is 0 Å². The van der Waals surface area contributed by atoms with Crippen LogP contribution in [0.1, 0.15) is 23.6 Å². The molecule has 0 heterocycles. The van der Waals surface area contributed by atoms with Crippen LogP contribution < -0.4 is 10.1 Å². The van der Waals surface area contributed by atoms with Gasteiger partial charge in [0, 0.05) is 32.7 Å². The maximum Gasteiger partial charge on any atom is 0.125 e. The molecular weight excluding hydrogens is 254 g/mol. The fraction of sp³-hybridized carbons (Fsp3) is 0.625. The first kappa shape index (κ1) is 17.0. The molecule has 20 heavy (non-hydrogen) atoms. The summed E-state index contributed by atoms with van der Waals surface area (Å²) >= 11 is 0. The Morgan fingerprint density at radius 1 is 1.25 bits per heavy atom. The van der Waals surface area contributed by atoms with Gasteiger partial charge in [0.25, 0.3) is 0 Å². The van der Waals surface area contributed by atoms with E-state index >= 15 is 0 Å². The molecule has 114 valence electrons. The summed E-state index contributed by atoms with van der Waals surface area (Å²) in [5.74, 6) is 1.09. The summed E-state index contributed by atoms with van der Waals surface area (Å²) < 4.78 is 10.8.